The number of esters is 1. The topological polar surface area (TPSA) is 94.5 Å². The number of carbonyl (C=O) groups is 1. The molecule has 4 aliphatic rings. The molecule has 3 heterocycles. The smallest absolute Gasteiger partial charge is 0.316 e. The zero-order valence-electron chi connectivity index (χ0n) is 26.0. The van der Waals surface area contributed by atoms with Crippen LogP contribution in [0.3, 0.4) is 0 Å². The number of allylic oxidation sites excluding steroid dienone is 2. The van der Waals surface area contributed by atoms with E-state index in [-0.39, 0.29) is 42.5 Å². The SMILES string of the molecule is COC1CC2(O)C(C)=CC=CC(C)C(O)C(C)=CCC3CC(CC4(C=CC(C)C(C(C)C)O4)O3)OC(=O)C2C=C1C. The van der Waals surface area contributed by atoms with E-state index in [1.54, 1.807) is 13.2 Å². The maximum absolute atomic E-state index is 13.9. The number of rotatable bonds is 2. The Bertz CT molecular complexity index is 1120. The van der Waals surface area contributed by atoms with Crippen LogP contribution in [-0.2, 0) is 23.7 Å². The molecule has 1 fully saturated rings. The van der Waals surface area contributed by atoms with Gasteiger partial charge in [-0.05, 0) is 55.9 Å². The lowest BCUT2D eigenvalue weighted by Crippen LogP contribution is -2.54. The Labute approximate surface area is 246 Å². The molecule has 10 unspecified atom stereocenters. The first-order valence-electron chi connectivity index (χ1n) is 15.2. The van der Waals surface area contributed by atoms with E-state index < -0.39 is 35.5 Å². The molecule has 0 aromatic carbocycles. The fourth-order valence-corrected chi connectivity index (χ4v) is 6.75. The third-order valence-corrected chi connectivity index (χ3v) is 9.45. The lowest BCUT2D eigenvalue weighted by molar-refractivity contribution is -0.299. The number of carbonyl (C=O) groups excluding carboxylic acids is 1. The predicted molar refractivity (Wildman–Crippen MR) is 159 cm³/mol. The molecular weight excluding hydrogens is 520 g/mol. The third kappa shape index (κ3) is 6.80. The zero-order valence-corrected chi connectivity index (χ0v) is 26.0. The fraction of sp³-hybridized carbons (Fsp3) is 0.676. The summed E-state index contributed by atoms with van der Waals surface area (Å²) >= 11 is 0. The molecule has 3 aliphatic heterocycles. The van der Waals surface area contributed by atoms with Gasteiger partial charge in [-0.25, -0.2) is 0 Å². The number of hydrogen-bond donors (Lipinski definition) is 2. The normalized spacial score (nSPS) is 42.3. The Hall–Kier alpha value is -2.03. The largest absolute Gasteiger partial charge is 0.462 e. The van der Waals surface area contributed by atoms with E-state index in [2.05, 4.69) is 26.8 Å². The van der Waals surface area contributed by atoms with Crippen LogP contribution < -0.4 is 0 Å². The molecule has 41 heavy (non-hydrogen) atoms. The van der Waals surface area contributed by atoms with Gasteiger partial charge in [-0.2, -0.15) is 0 Å². The molecule has 4 rings (SSSR count). The zero-order chi connectivity index (χ0) is 30.1. The number of methoxy groups -OCH3 is 1. The quantitative estimate of drug-likeness (QED) is 0.331. The molecule has 0 radical (unpaired) electrons. The Balaban J connectivity index is 1.76. The summed E-state index contributed by atoms with van der Waals surface area (Å²) in [4.78, 5) is 13.9. The van der Waals surface area contributed by atoms with Crippen molar-refractivity contribution in [2.24, 2.45) is 23.7 Å². The van der Waals surface area contributed by atoms with Crippen LogP contribution >= 0.6 is 0 Å². The second-order valence-corrected chi connectivity index (χ2v) is 13.1. The van der Waals surface area contributed by atoms with E-state index in [0.29, 0.717) is 24.8 Å². The summed E-state index contributed by atoms with van der Waals surface area (Å²) in [6, 6.07) is 0. The lowest BCUT2D eigenvalue weighted by atomic mass is 9.71. The summed E-state index contributed by atoms with van der Waals surface area (Å²) in [5, 5.41) is 23.1. The van der Waals surface area contributed by atoms with Gasteiger partial charge in [-0.1, -0.05) is 64.2 Å². The summed E-state index contributed by atoms with van der Waals surface area (Å²) in [6.45, 7) is 14.1. The van der Waals surface area contributed by atoms with Gasteiger partial charge in [-0.3, -0.25) is 4.79 Å². The summed E-state index contributed by atoms with van der Waals surface area (Å²) in [5.41, 5.74) is 0.895. The molecule has 1 aliphatic carbocycles. The highest BCUT2D eigenvalue weighted by atomic mass is 16.7. The van der Waals surface area contributed by atoms with Crippen molar-refractivity contribution in [2.45, 2.75) is 116 Å². The number of aliphatic hydroxyl groups excluding tert-OH is 1. The minimum absolute atomic E-state index is 0.0347. The molecule has 10 atom stereocenters. The van der Waals surface area contributed by atoms with E-state index in [0.717, 1.165) is 11.1 Å². The molecule has 2 bridgehead atoms. The first-order valence-corrected chi connectivity index (χ1v) is 15.2. The summed E-state index contributed by atoms with van der Waals surface area (Å²) < 4.78 is 25.2. The number of ether oxygens (including phenoxy) is 4. The molecule has 1 saturated heterocycles. The maximum Gasteiger partial charge on any atom is 0.316 e. The minimum atomic E-state index is -1.49. The summed E-state index contributed by atoms with van der Waals surface area (Å²) in [5.74, 6) is -2.00. The molecule has 2 N–H and O–H groups in total. The van der Waals surface area contributed by atoms with Gasteiger partial charge >= 0.3 is 5.97 Å². The van der Waals surface area contributed by atoms with Crippen LogP contribution in [0.5, 0.6) is 0 Å². The first-order chi connectivity index (χ1) is 19.3. The van der Waals surface area contributed by atoms with E-state index in [9.17, 15) is 15.0 Å². The highest BCUT2D eigenvalue weighted by Gasteiger charge is 2.50. The Morgan fingerprint density at radius 3 is 2.44 bits per heavy atom. The van der Waals surface area contributed by atoms with Gasteiger partial charge < -0.3 is 29.2 Å². The van der Waals surface area contributed by atoms with Crippen LogP contribution in [0.2, 0.25) is 0 Å². The number of hydrogen-bond acceptors (Lipinski definition) is 7. The van der Waals surface area contributed by atoms with Gasteiger partial charge in [0.2, 0.25) is 0 Å². The van der Waals surface area contributed by atoms with Crippen molar-refractivity contribution in [3.63, 3.8) is 0 Å². The predicted octanol–water partition coefficient (Wildman–Crippen LogP) is 5.58. The van der Waals surface area contributed by atoms with Gasteiger partial charge in [0.15, 0.2) is 5.79 Å². The molecule has 1 spiro atoms. The van der Waals surface area contributed by atoms with E-state index in [1.165, 1.54) is 0 Å². The highest BCUT2D eigenvalue weighted by molar-refractivity contribution is 5.78. The molecular formula is C34H50O7. The third-order valence-electron chi connectivity index (χ3n) is 9.45. The van der Waals surface area contributed by atoms with Crippen molar-refractivity contribution in [1.82, 2.24) is 0 Å². The molecule has 7 heteroatoms. The fourth-order valence-electron chi connectivity index (χ4n) is 6.75. The van der Waals surface area contributed by atoms with Crippen molar-refractivity contribution >= 4 is 5.97 Å². The first kappa shape index (κ1) is 31.9. The minimum Gasteiger partial charge on any atom is -0.462 e. The van der Waals surface area contributed by atoms with Gasteiger partial charge in [0, 0.05) is 38.2 Å². The molecule has 228 valence electrons. The lowest BCUT2D eigenvalue weighted by Gasteiger charge is -2.48. The monoisotopic (exact) mass is 570 g/mol. The number of aliphatic hydroxyl groups is 2. The molecule has 0 amide bonds. The van der Waals surface area contributed by atoms with Crippen LogP contribution in [-0.4, -0.2) is 65.2 Å². The van der Waals surface area contributed by atoms with Crippen LogP contribution in [0.1, 0.15) is 74.1 Å². The maximum atomic E-state index is 13.9. The Morgan fingerprint density at radius 2 is 1.76 bits per heavy atom. The van der Waals surface area contributed by atoms with Gasteiger partial charge in [-0.15, -0.1) is 0 Å². The Kier molecular flexibility index (Phi) is 9.87. The molecule has 0 aromatic rings. The van der Waals surface area contributed by atoms with E-state index in [4.69, 9.17) is 18.9 Å². The highest BCUT2D eigenvalue weighted by Crippen LogP contribution is 2.43. The average molecular weight is 571 g/mol. The van der Waals surface area contributed by atoms with Gasteiger partial charge in [0.1, 0.15) is 17.6 Å². The second kappa shape index (κ2) is 12.7. The molecule has 0 aromatic heterocycles. The van der Waals surface area contributed by atoms with E-state index in [1.807, 2.05) is 58.1 Å². The Morgan fingerprint density at radius 1 is 1.02 bits per heavy atom. The molecule has 0 saturated carbocycles. The van der Waals surface area contributed by atoms with Crippen LogP contribution in [0.4, 0.5) is 0 Å². The van der Waals surface area contributed by atoms with Crippen molar-refractivity contribution < 1.29 is 34.0 Å². The summed E-state index contributed by atoms with van der Waals surface area (Å²) in [6.07, 6.45) is 13.4. The standard InChI is InChI=1S/C34H50O7/c1-20(2)31-23(5)14-15-33(41-31)18-27-17-26(40-33)13-12-22(4)30(35)21(3)10-9-11-25(7)34(37)19-29(38-8)24(6)16-28(34)32(36)39-27/h9-12,14-16,20-21,23,26-31,35,37H,13,17-19H2,1-8H3. The van der Waals surface area contributed by atoms with Crippen molar-refractivity contribution in [3.8, 4) is 0 Å². The molecule has 7 nitrogen and oxygen atoms in total. The van der Waals surface area contributed by atoms with Crippen LogP contribution in [0.25, 0.3) is 0 Å². The summed E-state index contributed by atoms with van der Waals surface area (Å²) in [7, 11) is 1.61. The van der Waals surface area contributed by atoms with Crippen molar-refractivity contribution in [2.75, 3.05) is 7.11 Å². The van der Waals surface area contributed by atoms with Crippen LogP contribution in [0, 0.1) is 23.7 Å². The van der Waals surface area contributed by atoms with Crippen molar-refractivity contribution in [1.29, 1.82) is 0 Å². The van der Waals surface area contributed by atoms with Crippen molar-refractivity contribution in [3.05, 3.63) is 59.3 Å². The second-order valence-electron chi connectivity index (χ2n) is 13.1. The van der Waals surface area contributed by atoms with Gasteiger partial charge in [0.05, 0.1) is 24.4 Å². The average Bonchev–Trinajstić information content (AvgIpc) is 2.92. The van der Waals surface area contributed by atoms with Crippen LogP contribution in [0.15, 0.2) is 59.3 Å². The van der Waals surface area contributed by atoms with Gasteiger partial charge in [0.25, 0.3) is 0 Å². The van der Waals surface area contributed by atoms with E-state index >= 15 is 0 Å². The number of fused-ring (bicyclic) bond motifs is 3.